The van der Waals surface area contributed by atoms with Gasteiger partial charge in [-0.15, -0.1) is 21.5 Å². The third kappa shape index (κ3) is 5.95. The SMILES string of the molecule is O=C(CSc1nnc(NCCc2cccs2)s1)Nc1ccc(Br)cc1Cl. The van der Waals surface area contributed by atoms with E-state index in [-0.39, 0.29) is 11.7 Å². The van der Waals surface area contributed by atoms with Gasteiger partial charge in [-0.1, -0.05) is 56.7 Å². The number of carbonyl (C=O) groups excluding carboxylic acids is 1. The van der Waals surface area contributed by atoms with Crippen LogP contribution < -0.4 is 10.6 Å². The average Bonchev–Trinajstić information content (AvgIpc) is 3.28. The number of anilines is 2. The number of nitrogens with zero attached hydrogens (tertiary/aromatic N) is 2. The van der Waals surface area contributed by atoms with Crippen LogP contribution in [-0.2, 0) is 11.2 Å². The maximum Gasteiger partial charge on any atom is 0.234 e. The number of thioether (sulfide) groups is 1. The molecule has 0 radical (unpaired) electrons. The Morgan fingerprint density at radius 2 is 2.19 bits per heavy atom. The van der Waals surface area contributed by atoms with Crippen molar-refractivity contribution >= 4 is 78.7 Å². The molecule has 2 heterocycles. The molecule has 0 saturated heterocycles. The smallest absolute Gasteiger partial charge is 0.234 e. The van der Waals surface area contributed by atoms with Crippen molar-refractivity contribution in [1.82, 2.24) is 10.2 Å². The van der Waals surface area contributed by atoms with E-state index >= 15 is 0 Å². The Morgan fingerprint density at radius 3 is 2.96 bits per heavy atom. The molecule has 1 amide bonds. The van der Waals surface area contributed by atoms with E-state index in [0.717, 1.165) is 26.9 Å². The van der Waals surface area contributed by atoms with E-state index in [1.165, 1.54) is 28.0 Å². The maximum absolute atomic E-state index is 12.1. The largest absolute Gasteiger partial charge is 0.360 e. The van der Waals surface area contributed by atoms with E-state index in [1.54, 1.807) is 23.5 Å². The van der Waals surface area contributed by atoms with E-state index in [1.807, 2.05) is 12.1 Å². The summed E-state index contributed by atoms with van der Waals surface area (Å²) in [5, 5.41) is 17.6. The van der Waals surface area contributed by atoms with Crippen LogP contribution in [0.25, 0.3) is 0 Å². The number of amides is 1. The van der Waals surface area contributed by atoms with E-state index in [9.17, 15) is 4.79 Å². The summed E-state index contributed by atoms with van der Waals surface area (Å²) < 4.78 is 1.61. The maximum atomic E-state index is 12.1. The molecule has 0 aliphatic rings. The van der Waals surface area contributed by atoms with E-state index in [4.69, 9.17) is 11.6 Å². The molecule has 2 aromatic heterocycles. The predicted molar refractivity (Wildman–Crippen MR) is 115 cm³/mol. The average molecular weight is 490 g/mol. The molecule has 10 heteroatoms. The molecular weight excluding hydrogens is 476 g/mol. The number of halogens is 2. The standard InChI is InChI=1S/C16H14BrClN4OS3/c17-10-3-4-13(12(18)8-10)20-14(23)9-25-16-22-21-15(26-16)19-6-5-11-2-1-7-24-11/h1-4,7-8H,5-6,9H2,(H,19,21)(H,20,23). The first-order valence-electron chi connectivity index (χ1n) is 7.57. The van der Waals surface area contributed by atoms with Crippen molar-refractivity contribution < 1.29 is 4.79 Å². The first-order valence-corrected chi connectivity index (χ1v) is 11.4. The van der Waals surface area contributed by atoms with Crippen LogP contribution in [0.1, 0.15) is 4.88 Å². The lowest BCUT2D eigenvalue weighted by molar-refractivity contribution is -0.113. The fourth-order valence-electron chi connectivity index (χ4n) is 1.99. The van der Waals surface area contributed by atoms with Gasteiger partial charge in [0.1, 0.15) is 0 Å². The van der Waals surface area contributed by atoms with Crippen LogP contribution in [0.2, 0.25) is 5.02 Å². The van der Waals surface area contributed by atoms with Gasteiger partial charge in [0.25, 0.3) is 0 Å². The highest BCUT2D eigenvalue weighted by Crippen LogP contribution is 2.28. The number of hydrogen-bond donors (Lipinski definition) is 2. The first kappa shape index (κ1) is 19.6. The Hall–Kier alpha value is -1.13. The van der Waals surface area contributed by atoms with E-state index in [2.05, 4.69) is 48.2 Å². The Labute approximate surface area is 176 Å². The van der Waals surface area contributed by atoms with Gasteiger partial charge in [-0.05, 0) is 36.1 Å². The van der Waals surface area contributed by atoms with Crippen LogP contribution in [0.5, 0.6) is 0 Å². The minimum atomic E-state index is -0.137. The molecule has 5 nitrogen and oxygen atoms in total. The summed E-state index contributed by atoms with van der Waals surface area (Å²) in [5.41, 5.74) is 0.591. The summed E-state index contributed by atoms with van der Waals surface area (Å²) in [6, 6.07) is 9.49. The third-order valence-electron chi connectivity index (χ3n) is 3.17. The molecule has 3 aromatic rings. The highest BCUT2D eigenvalue weighted by Gasteiger charge is 2.10. The normalized spacial score (nSPS) is 10.7. The molecule has 0 fully saturated rings. The fraction of sp³-hybridized carbons (Fsp3) is 0.188. The minimum Gasteiger partial charge on any atom is -0.360 e. The van der Waals surface area contributed by atoms with E-state index < -0.39 is 0 Å². The Bertz CT molecular complexity index is 872. The number of thiophene rings is 1. The number of rotatable bonds is 8. The molecule has 1 aromatic carbocycles. The second-order valence-electron chi connectivity index (χ2n) is 5.09. The topological polar surface area (TPSA) is 66.9 Å². The van der Waals surface area contributed by atoms with Crippen molar-refractivity contribution in [3.63, 3.8) is 0 Å². The van der Waals surface area contributed by atoms with Crippen LogP contribution in [0, 0.1) is 0 Å². The molecular formula is C16H14BrClN4OS3. The zero-order chi connectivity index (χ0) is 18.4. The minimum absolute atomic E-state index is 0.137. The number of benzene rings is 1. The zero-order valence-corrected chi connectivity index (χ0v) is 18.2. The van der Waals surface area contributed by atoms with Gasteiger partial charge in [0.05, 0.1) is 16.5 Å². The second kappa shape index (κ2) is 9.70. The van der Waals surface area contributed by atoms with Crippen molar-refractivity contribution in [3.05, 3.63) is 50.1 Å². The van der Waals surface area contributed by atoms with Gasteiger partial charge in [-0.25, -0.2) is 0 Å². The summed E-state index contributed by atoms with van der Waals surface area (Å²) in [4.78, 5) is 13.4. The second-order valence-corrected chi connectivity index (χ2v) is 9.65. The molecule has 0 aliphatic heterocycles. The van der Waals surface area contributed by atoms with Crippen LogP contribution in [0.3, 0.4) is 0 Å². The van der Waals surface area contributed by atoms with E-state index in [0.29, 0.717) is 10.7 Å². The molecule has 0 aliphatic carbocycles. The highest BCUT2D eigenvalue weighted by atomic mass is 79.9. The van der Waals surface area contributed by atoms with Crippen LogP contribution in [-0.4, -0.2) is 28.4 Å². The van der Waals surface area contributed by atoms with Gasteiger partial charge < -0.3 is 10.6 Å². The summed E-state index contributed by atoms with van der Waals surface area (Å²) in [6.45, 7) is 0.808. The zero-order valence-electron chi connectivity index (χ0n) is 13.4. The molecule has 136 valence electrons. The number of nitrogens with one attached hydrogen (secondary N) is 2. The van der Waals surface area contributed by atoms with Crippen molar-refractivity contribution in [2.45, 2.75) is 10.8 Å². The summed E-state index contributed by atoms with van der Waals surface area (Å²) in [6.07, 6.45) is 0.954. The van der Waals surface area contributed by atoms with Gasteiger partial charge in [0, 0.05) is 15.9 Å². The monoisotopic (exact) mass is 488 g/mol. The fourth-order valence-corrected chi connectivity index (χ4v) is 5.00. The molecule has 2 N–H and O–H groups in total. The lowest BCUT2D eigenvalue weighted by Gasteiger charge is -2.06. The van der Waals surface area contributed by atoms with Crippen LogP contribution >= 0.6 is 62.0 Å². The van der Waals surface area contributed by atoms with Crippen molar-refractivity contribution in [2.24, 2.45) is 0 Å². The van der Waals surface area contributed by atoms with Crippen molar-refractivity contribution in [1.29, 1.82) is 0 Å². The summed E-state index contributed by atoms with van der Waals surface area (Å²) in [5.74, 6) is 0.109. The van der Waals surface area contributed by atoms with Gasteiger partial charge in [-0.2, -0.15) is 0 Å². The van der Waals surface area contributed by atoms with Gasteiger partial charge in [0.15, 0.2) is 4.34 Å². The number of carbonyl (C=O) groups is 1. The molecule has 0 unspecified atom stereocenters. The molecule has 0 bridgehead atoms. The molecule has 0 atom stereocenters. The first-order chi connectivity index (χ1) is 12.6. The Kier molecular flexibility index (Phi) is 7.32. The molecule has 26 heavy (non-hydrogen) atoms. The van der Waals surface area contributed by atoms with Crippen LogP contribution in [0.4, 0.5) is 10.8 Å². The quantitative estimate of drug-likeness (QED) is 0.415. The van der Waals surface area contributed by atoms with Crippen LogP contribution in [0.15, 0.2) is 44.5 Å². The lowest BCUT2D eigenvalue weighted by atomic mass is 10.3. The summed E-state index contributed by atoms with van der Waals surface area (Å²) in [7, 11) is 0. The Balaban J connectivity index is 1.43. The Morgan fingerprint density at radius 1 is 1.31 bits per heavy atom. The predicted octanol–water partition coefficient (Wildman–Crippen LogP) is 5.40. The molecule has 0 spiro atoms. The summed E-state index contributed by atoms with van der Waals surface area (Å²) >= 11 is 14.0. The van der Waals surface area contributed by atoms with Crippen molar-refractivity contribution in [2.75, 3.05) is 22.9 Å². The number of aromatic nitrogens is 2. The number of hydrogen-bond acceptors (Lipinski definition) is 7. The van der Waals surface area contributed by atoms with Crippen molar-refractivity contribution in [3.8, 4) is 0 Å². The third-order valence-corrected chi connectivity index (χ3v) is 6.92. The molecule has 3 rings (SSSR count). The van der Waals surface area contributed by atoms with Gasteiger partial charge in [-0.3, -0.25) is 4.79 Å². The highest BCUT2D eigenvalue weighted by molar-refractivity contribution is 9.10. The lowest BCUT2D eigenvalue weighted by Crippen LogP contribution is -2.14. The molecule has 0 saturated carbocycles. The van der Waals surface area contributed by atoms with Gasteiger partial charge in [0.2, 0.25) is 11.0 Å². The van der Waals surface area contributed by atoms with Gasteiger partial charge >= 0.3 is 0 Å².